The van der Waals surface area contributed by atoms with E-state index in [4.69, 9.17) is 0 Å². The Bertz CT molecular complexity index is 938. The molecule has 0 aliphatic heterocycles. The summed E-state index contributed by atoms with van der Waals surface area (Å²) in [7, 11) is 0. The first kappa shape index (κ1) is 20.0. The molecule has 158 valence electrons. The van der Waals surface area contributed by atoms with Crippen LogP contribution in [0.5, 0.6) is 0 Å². The maximum atomic E-state index is 12.8. The molecule has 0 atom stereocenters. The minimum atomic E-state index is -0.226. The van der Waals surface area contributed by atoms with Crippen LogP contribution in [0.2, 0.25) is 0 Å². The fourth-order valence-electron chi connectivity index (χ4n) is 6.03. The third-order valence-electron chi connectivity index (χ3n) is 6.68. The van der Waals surface area contributed by atoms with Crippen molar-refractivity contribution < 1.29 is 9.59 Å². The fraction of sp³-hybridized carbons (Fsp3) is 0.545. The molecule has 1 aromatic heterocycles. The van der Waals surface area contributed by atoms with E-state index in [-0.39, 0.29) is 17.4 Å². The van der Waals surface area contributed by atoms with E-state index in [1.807, 2.05) is 25.1 Å². The van der Waals surface area contributed by atoms with Gasteiger partial charge in [-0.1, -0.05) is 23.5 Å². The van der Waals surface area contributed by atoms with E-state index in [9.17, 15) is 9.59 Å². The second-order valence-corrected chi connectivity index (χ2v) is 11.3. The second kappa shape index (κ2) is 7.96. The monoisotopic (exact) mass is 442 g/mol. The van der Waals surface area contributed by atoms with Crippen molar-refractivity contribution in [1.82, 2.24) is 15.5 Å². The summed E-state index contributed by atoms with van der Waals surface area (Å²) >= 11 is 2.76. The Morgan fingerprint density at radius 2 is 1.77 bits per heavy atom. The summed E-state index contributed by atoms with van der Waals surface area (Å²) in [5, 5.41) is 15.4. The number of benzene rings is 1. The van der Waals surface area contributed by atoms with Gasteiger partial charge in [-0.05, 0) is 75.3 Å². The van der Waals surface area contributed by atoms with E-state index in [0.29, 0.717) is 16.4 Å². The number of aryl methyl sites for hydroxylation is 1. The highest BCUT2D eigenvalue weighted by Gasteiger charge is 2.51. The molecule has 4 bridgehead atoms. The van der Waals surface area contributed by atoms with Gasteiger partial charge >= 0.3 is 0 Å². The maximum absolute atomic E-state index is 12.8. The normalized spacial score (nSPS) is 29.0. The fourth-order valence-corrected chi connectivity index (χ4v) is 7.47. The van der Waals surface area contributed by atoms with Crippen LogP contribution in [0.3, 0.4) is 0 Å². The first-order valence-electron chi connectivity index (χ1n) is 10.6. The minimum absolute atomic E-state index is 0.0268. The van der Waals surface area contributed by atoms with E-state index < -0.39 is 0 Å². The molecule has 4 saturated carbocycles. The Balaban J connectivity index is 1.21. The highest BCUT2D eigenvalue weighted by atomic mass is 32.2. The van der Waals surface area contributed by atoms with Crippen LogP contribution in [0.15, 0.2) is 29.2 Å². The van der Waals surface area contributed by atoms with Crippen molar-refractivity contribution in [1.29, 1.82) is 0 Å². The molecule has 4 fully saturated rings. The number of hydrogen-bond donors (Lipinski definition) is 2. The number of rotatable bonds is 6. The zero-order valence-electron chi connectivity index (χ0n) is 17.0. The summed E-state index contributed by atoms with van der Waals surface area (Å²) in [6.07, 6.45) is 7.53. The summed E-state index contributed by atoms with van der Waals surface area (Å²) in [6.45, 7) is 1.85. The molecule has 1 aromatic carbocycles. The van der Waals surface area contributed by atoms with Gasteiger partial charge in [0.2, 0.25) is 11.0 Å². The van der Waals surface area contributed by atoms with E-state index in [1.54, 1.807) is 6.07 Å². The van der Waals surface area contributed by atoms with Gasteiger partial charge in [-0.15, -0.1) is 22.0 Å². The molecule has 0 spiro atoms. The average molecular weight is 443 g/mol. The second-order valence-electron chi connectivity index (χ2n) is 9.11. The largest absolute Gasteiger partial charge is 0.350 e. The molecule has 4 aliphatic rings. The third-order valence-corrected chi connectivity index (χ3v) is 8.51. The van der Waals surface area contributed by atoms with Crippen molar-refractivity contribution >= 4 is 40.0 Å². The van der Waals surface area contributed by atoms with E-state index in [1.165, 1.54) is 42.4 Å². The van der Waals surface area contributed by atoms with Crippen molar-refractivity contribution in [2.75, 3.05) is 11.1 Å². The summed E-state index contributed by atoms with van der Waals surface area (Å²) in [4.78, 5) is 26.3. The number of carbonyl (C=O) groups is 2. The Morgan fingerprint density at radius 1 is 1.10 bits per heavy atom. The lowest BCUT2D eigenvalue weighted by Crippen LogP contribution is -2.60. The quantitative estimate of drug-likeness (QED) is 0.653. The predicted octanol–water partition coefficient (Wildman–Crippen LogP) is 4.28. The first-order valence-corrected chi connectivity index (χ1v) is 12.4. The molecule has 6 rings (SSSR count). The number of amides is 2. The number of aromatic nitrogens is 2. The zero-order chi connectivity index (χ0) is 20.7. The van der Waals surface area contributed by atoms with Crippen molar-refractivity contribution in [3.8, 4) is 0 Å². The molecule has 8 heteroatoms. The van der Waals surface area contributed by atoms with Gasteiger partial charge in [-0.25, -0.2) is 0 Å². The van der Waals surface area contributed by atoms with E-state index in [0.717, 1.165) is 46.9 Å². The summed E-state index contributed by atoms with van der Waals surface area (Å²) < 4.78 is 0. The van der Waals surface area contributed by atoms with Gasteiger partial charge in [-0.3, -0.25) is 14.9 Å². The smallest absolute Gasteiger partial charge is 0.258 e. The predicted molar refractivity (Wildman–Crippen MR) is 119 cm³/mol. The molecule has 2 N–H and O–H groups in total. The van der Waals surface area contributed by atoms with Gasteiger partial charge < -0.3 is 5.32 Å². The number of nitrogens with one attached hydrogen (secondary N) is 2. The summed E-state index contributed by atoms with van der Waals surface area (Å²) in [5.41, 5.74) is 0.580. The molecule has 4 aliphatic carbocycles. The lowest BCUT2D eigenvalue weighted by molar-refractivity contribution is -0.124. The molecule has 6 nitrogen and oxygen atoms in total. The van der Waals surface area contributed by atoms with Gasteiger partial charge in [-0.2, -0.15) is 0 Å². The van der Waals surface area contributed by atoms with E-state index >= 15 is 0 Å². The molecular formula is C22H26N4O2S2. The average Bonchev–Trinajstić information content (AvgIpc) is 3.09. The van der Waals surface area contributed by atoms with Crippen LogP contribution >= 0.6 is 23.1 Å². The third kappa shape index (κ3) is 4.12. The molecule has 30 heavy (non-hydrogen) atoms. The SMILES string of the molecule is Cc1nnc(NC(=O)c2ccccc2SCC(=O)NC23CC4CC(CC(C4)C2)C3)s1. The van der Waals surface area contributed by atoms with Gasteiger partial charge in [0.1, 0.15) is 5.01 Å². The Kier molecular flexibility index (Phi) is 5.31. The van der Waals surface area contributed by atoms with Crippen LogP contribution in [0, 0.1) is 24.7 Å². The Morgan fingerprint density at radius 3 is 2.40 bits per heavy atom. The molecule has 2 aromatic rings. The molecule has 0 saturated heterocycles. The number of carbonyl (C=O) groups excluding carboxylic acids is 2. The highest BCUT2D eigenvalue weighted by Crippen LogP contribution is 2.55. The van der Waals surface area contributed by atoms with Crippen LogP contribution in [0.4, 0.5) is 5.13 Å². The number of thioether (sulfide) groups is 1. The van der Waals surface area contributed by atoms with Crippen LogP contribution in [0.1, 0.15) is 53.9 Å². The summed E-state index contributed by atoms with van der Waals surface area (Å²) in [6, 6.07) is 7.40. The van der Waals surface area contributed by atoms with Crippen LogP contribution in [0.25, 0.3) is 0 Å². The minimum Gasteiger partial charge on any atom is -0.350 e. The first-order chi connectivity index (χ1) is 14.5. The van der Waals surface area contributed by atoms with Gasteiger partial charge in [0.25, 0.3) is 5.91 Å². The van der Waals surface area contributed by atoms with Crippen LogP contribution < -0.4 is 10.6 Å². The standard InChI is InChI=1S/C22H26N4O2S2/c1-13-25-26-21(30-13)23-20(28)17-4-2-3-5-18(17)29-12-19(27)24-22-9-14-6-15(10-22)8-16(7-14)11-22/h2-5,14-16H,6-12H2,1H3,(H,24,27)(H,23,26,28). The van der Waals surface area contributed by atoms with Crippen molar-refractivity contribution in [3.05, 3.63) is 34.8 Å². The molecular weight excluding hydrogens is 416 g/mol. The van der Waals surface area contributed by atoms with Crippen LogP contribution in [-0.4, -0.2) is 33.3 Å². The van der Waals surface area contributed by atoms with Crippen molar-refractivity contribution in [2.45, 2.75) is 55.9 Å². The van der Waals surface area contributed by atoms with E-state index in [2.05, 4.69) is 20.8 Å². The number of hydrogen-bond acceptors (Lipinski definition) is 6. The molecule has 1 heterocycles. The maximum Gasteiger partial charge on any atom is 0.258 e. The lowest BCUT2D eigenvalue weighted by atomic mass is 9.53. The Labute approximate surface area is 184 Å². The van der Waals surface area contributed by atoms with Crippen LogP contribution in [-0.2, 0) is 4.79 Å². The lowest BCUT2D eigenvalue weighted by Gasteiger charge is -2.56. The Hall–Kier alpha value is -1.93. The molecule has 2 amide bonds. The molecule has 0 unspecified atom stereocenters. The van der Waals surface area contributed by atoms with Crippen molar-refractivity contribution in [3.63, 3.8) is 0 Å². The van der Waals surface area contributed by atoms with Gasteiger partial charge in [0.05, 0.1) is 11.3 Å². The zero-order valence-corrected chi connectivity index (χ0v) is 18.7. The molecule has 0 radical (unpaired) electrons. The highest BCUT2D eigenvalue weighted by molar-refractivity contribution is 8.00. The number of anilines is 1. The van der Waals surface area contributed by atoms with Gasteiger partial charge in [0.15, 0.2) is 0 Å². The summed E-state index contributed by atoms with van der Waals surface area (Å²) in [5.74, 6) is 2.59. The van der Waals surface area contributed by atoms with Gasteiger partial charge in [0, 0.05) is 10.4 Å². The number of nitrogens with zero attached hydrogens (tertiary/aromatic N) is 2. The topological polar surface area (TPSA) is 84.0 Å². The van der Waals surface area contributed by atoms with Crippen molar-refractivity contribution in [2.24, 2.45) is 17.8 Å².